The lowest BCUT2D eigenvalue weighted by Gasteiger charge is -2.26. The average Bonchev–Trinajstić information content (AvgIpc) is 2.96. The van der Waals surface area contributed by atoms with E-state index < -0.39 is 0 Å². The molecule has 3 nitrogen and oxygen atoms in total. The number of hydrogen-bond acceptors (Lipinski definition) is 4. The van der Waals surface area contributed by atoms with Crippen LogP contribution >= 0.6 is 11.8 Å². The molecule has 3 aliphatic rings. The minimum Gasteiger partial charge on any atom is -0.350 e. The van der Waals surface area contributed by atoms with Gasteiger partial charge in [0.05, 0.1) is 13.2 Å². The molecule has 3 rings (SSSR count). The maximum atomic E-state index is 12.2. The summed E-state index contributed by atoms with van der Waals surface area (Å²) in [5, 5.41) is 1.53. The number of ether oxygens (including phenoxy) is 2. The molecule has 0 saturated carbocycles. The van der Waals surface area contributed by atoms with Crippen molar-refractivity contribution in [1.29, 1.82) is 0 Å². The fourth-order valence-electron chi connectivity index (χ4n) is 3.16. The molecule has 0 spiro atoms. The van der Waals surface area contributed by atoms with Crippen molar-refractivity contribution in [3.8, 4) is 0 Å². The van der Waals surface area contributed by atoms with E-state index in [0.717, 1.165) is 29.8 Å². The van der Waals surface area contributed by atoms with Gasteiger partial charge in [0.1, 0.15) is 5.78 Å². The molecule has 0 aromatic heterocycles. The zero-order chi connectivity index (χ0) is 11.7. The van der Waals surface area contributed by atoms with Crippen LogP contribution in [-0.4, -0.2) is 35.8 Å². The van der Waals surface area contributed by atoms with Crippen LogP contribution in [0.2, 0.25) is 0 Å². The number of ketones is 1. The Morgan fingerprint density at radius 2 is 1.76 bits per heavy atom. The van der Waals surface area contributed by atoms with Crippen LogP contribution in [0.5, 0.6) is 0 Å². The lowest BCUT2D eigenvalue weighted by atomic mass is 9.92. The molecule has 0 amide bonds. The Balaban J connectivity index is 1.45. The van der Waals surface area contributed by atoms with Crippen LogP contribution in [0.25, 0.3) is 0 Å². The van der Waals surface area contributed by atoms with Crippen molar-refractivity contribution in [2.24, 2.45) is 5.92 Å². The van der Waals surface area contributed by atoms with Crippen LogP contribution in [0, 0.1) is 5.92 Å². The quantitative estimate of drug-likeness (QED) is 0.773. The Morgan fingerprint density at radius 1 is 1.12 bits per heavy atom. The fraction of sp³-hybridized carbons (Fsp3) is 0.923. The SMILES string of the molecule is O=C(CCC1OCCO1)C1CC2CCC(C1)S2. The van der Waals surface area contributed by atoms with Gasteiger partial charge in [-0.05, 0) is 25.7 Å². The number of fused-ring (bicyclic) bond motifs is 2. The highest BCUT2D eigenvalue weighted by atomic mass is 32.2. The Bertz CT molecular complexity index is 276. The molecule has 3 saturated heterocycles. The first-order valence-electron chi connectivity index (χ1n) is 6.72. The van der Waals surface area contributed by atoms with E-state index in [9.17, 15) is 4.79 Å². The summed E-state index contributed by atoms with van der Waals surface area (Å²) in [6.07, 6.45) is 6.16. The van der Waals surface area contributed by atoms with E-state index in [1.807, 2.05) is 0 Å². The highest BCUT2D eigenvalue weighted by Gasteiger charge is 2.37. The summed E-state index contributed by atoms with van der Waals surface area (Å²) >= 11 is 2.12. The monoisotopic (exact) mass is 256 g/mol. The summed E-state index contributed by atoms with van der Waals surface area (Å²) in [6.45, 7) is 1.37. The van der Waals surface area contributed by atoms with Crippen molar-refractivity contribution in [2.75, 3.05) is 13.2 Å². The van der Waals surface area contributed by atoms with Crippen molar-refractivity contribution in [2.45, 2.75) is 55.3 Å². The van der Waals surface area contributed by atoms with Crippen molar-refractivity contribution in [3.63, 3.8) is 0 Å². The van der Waals surface area contributed by atoms with Crippen molar-refractivity contribution in [1.82, 2.24) is 0 Å². The van der Waals surface area contributed by atoms with Crippen molar-refractivity contribution >= 4 is 17.5 Å². The van der Waals surface area contributed by atoms with E-state index in [1.54, 1.807) is 0 Å². The van der Waals surface area contributed by atoms with Gasteiger partial charge in [0.2, 0.25) is 0 Å². The summed E-state index contributed by atoms with van der Waals surface area (Å²) in [5.41, 5.74) is 0. The lowest BCUT2D eigenvalue weighted by Crippen LogP contribution is -2.25. The first-order chi connectivity index (χ1) is 8.31. The Hall–Kier alpha value is -0.0600. The second-order valence-corrected chi connectivity index (χ2v) is 6.91. The van der Waals surface area contributed by atoms with Crippen LogP contribution in [0.1, 0.15) is 38.5 Å². The van der Waals surface area contributed by atoms with Crippen LogP contribution in [0.3, 0.4) is 0 Å². The third-order valence-corrected chi connectivity index (χ3v) is 5.69. The summed E-state index contributed by atoms with van der Waals surface area (Å²) in [6, 6.07) is 0. The van der Waals surface area contributed by atoms with Gasteiger partial charge < -0.3 is 9.47 Å². The van der Waals surface area contributed by atoms with Crippen molar-refractivity contribution < 1.29 is 14.3 Å². The number of Topliss-reactive ketones (excluding diaryl/α,β-unsaturated/α-hetero) is 1. The molecular weight excluding hydrogens is 236 g/mol. The standard InChI is InChI=1S/C13H20O3S/c14-12(3-4-13-15-5-6-16-13)9-7-10-1-2-11(8-9)17-10/h9-11,13H,1-8H2. The molecule has 0 aliphatic carbocycles. The van der Waals surface area contributed by atoms with Gasteiger partial charge >= 0.3 is 0 Å². The molecule has 0 radical (unpaired) electrons. The number of carbonyl (C=O) groups is 1. The Kier molecular flexibility index (Phi) is 3.73. The molecule has 2 unspecified atom stereocenters. The highest BCUT2D eigenvalue weighted by molar-refractivity contribution is 8.00. The molecule has 3 aliphatic heterocycles. The summed E-state index contributed by atoms with van der Waals surface area (Å²) in [7, 11) is 0. The maximum Gasteiger partial charge on any atom is 0.158 e. The summed E-state index contributed by atoms with van der Waals surface area (Å²) in [5.74, 6) is 0.774. The van der Waals surface area contributed by atoms with Gasteiger partial charge in [-0.25, -0.2) is 0 Å². The largest absolute Gasteiger partial charge is 0.350 e. The number of rotatable bonds is 4. The zero-order valence-electron chi connectivity index (χ0n) is 10.1. The third-order valence-electron chi connectivity index (χ3n) is 4.06. The fourth-order valence-corrected chi connectivity index (χ4v) is 4.93. The predicted molar refractivity (Wildman–Crippen MR) is 67.1 cm³/mol. The van der Waals surface area contributed by atoms with Crippen molar-refractivity contribution in [3.05, 3.63) is 0 Å². The van der Waals surface area contributed by atoms with Crippen LogP contribution < -0.4 is 0 Å². The van der Waals surface area contributed by atoms with Crippen LogP contribution in [0.4, 0.5) is 0 Å². The minimum absolute atomic E-state index is 0.117. The zero-order valence-corrected chi connectivity index (χ0v) is 10.9. The number of thioether (sulfide) groups is 1. The van der Waals surface area contributed by atoms with Gasteiger partial charge in [-0.15, -0.1) is 0 Å². The Labute approximate surface area is 107 Å². The smallest absolute Gasteiger partial charge is 0.158 e. The molecule has 3 heterocycles. The molecule has 96 valence electrons. The van der Waals surface area contributed by atoms with E-state index in [0.29, 0.717) is 31.3 Å². The third kappa shape index (κ3) is 2.85. The Morgan fingerprint density at radius 3 is 2.41 bits per heavy atom. The van der Waals surface area contributed by atoms with Gasteiger partial charge in [0, 0.05) is 29.3 Å². The van der Waals surface area contributed by atoms with E-state index in [2.05, 4.69) is 11.8 Å². The van der Waals surface area contributed by atoms with Gasteiger partial charge in [0.25, 0.3) is 0 Å². The molecular formula is C13H20O3S. The molecule has 0 aromatic rings. The van der Waals surface area contributed by atoms with E-state index in [-0.39, 0.29) is 6.29 Å². The maximum absolute atomic E-state index is 12.2. The van der Waals surface area contributed by atoms with Gasteiger partial charge in [-0.3, -0.25) is 4.79 Å². The van der Waals surface area contributed by atoms with Crippen LogP contribution in [0.15, 0.2) is 0 Å². The molecule has 2 bridgehead atoms. The van der Waals surface area contributed by atoms with E-state index in [4.69, 9.17) is 9.47 Å². The second-order valence-electron chi connectivity index (χ2n) is 5.30. The summed E-state index contributed by atoms with van der Waals surface area (Å²) < 4.78 is 10.7. The molecule has 3 fully saturated rings. The van der Waals surface area contributed by atoms with Gasteiger partial charge in [0.15, 0.2) is 6.29 Å². The first kappa shape index (κ1) is 12.0. The molecule has 4 heteroatoms. The molecule has 2 atom stereocenters. The highest BCUT2D eigenvalue weighted by Crippen LogP contribution is 2.46. The van der Waals surface area contributed by atoms with E-state index in [1.165, 1.54) is 12.8 Å². The minimum atomic E-state index is -0.117. The first-order valence-corrected chi connectivity index (χ1v) is 7.67. The molecule has 0 aromatic carbocycles. The predicted octanol–water partition coefficient (Wildman–Crippen LogP) is 2.38. The lowest BCUT2D eigenvalue weighted by molar-refractivity contribution is -0.125. The topological polar surface area (TPSA) is 35.5 Å². The summed E-state index contributed by atoms with van der Waals surface area (Å²) in [4.78, 5) is 12.2. The second kappa shape index (κ2) is 5.29. The molecule has 0 N–H and O–H groups in total. The molecule has 17 heavy (non-hydrogen) atoms. The van der Waals surface area contributed by atoms with Gasteiger partial charge in [-0.2, -0.15) is 11.8 Å². The normalized spacial score (nSPS) is 37.5. The van der Waals surface area contributed by atoms with Crippen LogP contribution in [-0.2, 0) is 14.3 Å². The average molecular weight is 256 g/mol. The van der Waals surface area contributed by atoms with E-state index >= 15 is 0 Å². The number of carbonyl (C=O) groups excluding carboxylic acids is 1. The number of hydrogen-bond donors (Lipinski definition) is 0. The van der Waals surface area contributed by atoms with Gasteiger partial charge in [-0.1, -0.05) is 0 Å².